The van der Waals surface area contributed by atoms with Crippen molar-refractivity contribution in [1.82, 2.24) is 4.98 Å². The van der Waals surface area contributed by atoms with Gasteiger partial charge in [-0.2, -0.15) is 11.8 Å². The number of carboxylic acid groups (broad SMARTS) is 1. The second-order valence-corrected chi connectivity index (χ2v) is 7.74. The van der Waals surface area contributed by atoms with E-state index in [1.54, 1.807) is 18.0 Å². The van der Waals surface area contributed by atoms with Gasteiger partial charge >= 0.3 is 5.97 Å². The molecule has 0 radical (unpaired) electrons. The van der Waals surface area contributed by atoms with Gasteiger partial charge in [-0.15, -0.1) is 11.3 Å². The molecule has 2 aromatic rings. The molecule has 24 heavy (non-hydrogen) atoms. The number of carboxylic acids is 1. The van der Waals surface area contributed by atoms with Crippen LogP contribution in [0.3, 0.4) is 0 Å². The number of anilines is 1. The summed E-state index contributed by atoms with van der Waals surface area (Å²) < 4.78 is 0. The standard InChI is InChI=1S/C17H20N2O3S2/c1-11(2)17-18-9-14(24-17)16(22)19-13-5-3-4-12(8-13)10-23-7-6-15(20)21/h3-5,8-9,11H,6-7,10H2,1-2H3,(H,19,22)(H,20,21). The summed E-state index contributed by atoms with van der Waals surface area (Å²) in [5.41, 5.74) is 1.78. The maximum atomic E-state index is 12.3. The largest absolute Gasteiger partial charge is 0.481 e. The fraction of sp³-hybridized carbons (Fsp3) is 0.353. The van der Waals surface area contributed by atoms with Gasteiger partial charge in [-0.25, -0.2) is 4.98 Å². The Hall–Kier alpha value is -1.86. The molecule has 0 spiro atoms. The van der Waals surface area contributed by atoms with E-state index in [-0.39, 0.29) is 12.3 Å². The Morgan fingerprint density at radius 3 is 2.83 bits per heavy atom. The van der Waals surface area contributed by atoms with E-state index >= 15 is 0 Å². The molecule has 1 amide bonds. The molecule has 128 valence electrons. The molecule has 0 aliphatic heterocycles. The molecule has 1 heterocycles. The number of hydrogen-bond acceptors (Lipinski definition) is 5. The Bertz CT molecular complexity index is 713. The molecule has 0 saturated carbocycles. The fourth-order valence-corrected chi connectivity index (χ4v) is 3.63. The van der Waals surface area contributed by atoms with E-state index in [2.05, 4.69) is 10.3 Å². The number of rotatable bonds is 8. The molecule has 0 aliphatic carbocycles. The molecule has 1 aromatic carbocycles. The number of aromatic nitrogens is 1. The van der Waals surface area contributed by atoms with Gasteiger partial charge in [0, 0.05) is 23.1 Å². The number of amides is 1. The molecule has 0 atom stereocenters. The number of benzene rings is 1. The van der Waals surface area contributed by atoms with Gasteiger partial charge in [-0.3, -0.25) is 9.59 Å². The van der Waals surface area contributed by atoms with Crippen molar-refractivity contribution in [1.29, 1.82) is 0 Å². The van der Waals surface area contributed by atoms with Crippen LogP contribution in [0.5, 0.6) is 0 Å². The number of hydrogen-bond donors (Lipinski definition) is 2. The molecule has 0 bridgehead atoms. The zero-order valence-electron chi connectivity index (χ0n) is 13.6. The van der Waals surface area contributed by atoms with Crippen LogP contribution in [0.2, 0.25) is 0 Å². The summed E-state index contributed by atoms with van der Waals surface area (Å²) in [7, 11) is 0. The molecule has 1 aromatic heterocycles. The summed E-state index contributed by atoms with van der Waals surface area (Å²) in [6, 6.07) is 7.60. The van der Waals surface area contributed by atoms with Crippen LogP contribution in [0.25, 0.3) is 0 Å². The van der Waals surface area contributed by atoms with Crippen LogP contribution in [0.15, 0.2) is 30.5 Å². The van der Waals surface area contributed by atoms with Crippen LogP contribution in [-0.2, 0) is 10.5 Å². The topological polar surface area (TPSA) is 79.3 Å². The highest BCUT2D eigenvalue weighted by atomic mass is 32.2. The molecular formula is C17H20N2O3S2. The minimum absolute atomic E-state index is 0.157. The summed E-state index contributed by atoms with van der Waals surface area (Å²) in [4.78, 5) is 27.6. The first kappa shape index (κ1) is 18.5. The molecule has 7 heteroatoms. The van der Waals surface area contributed by atoms with Crippen molar-refractivity contribution < 1.29 is 14.7 Å². The summed E-state index contributed by atoms with van der Waals surface area (Å²) in [5, 5.41) is 12.5. The quantitative estimate of drug-likeness (QED) is 0.685. The van der Waals surface area contributed by atoms with E-state index in [0.717, 1.165) is 22.0 Å². The Labute approximate surface area is 149 Å². The Morgan fingerprint density at radius 1 is 1.38 bits per heavy atom. The average molecular weight is 364 g/mol. The number of nitrogens with one attached hydrogen (secondary N) is 1. The summed E-state index contributed by atoms with van der Waals surface area (Å²) in [5.74, 6) is 0.659. The Morgan fingerprint density at radius 2 is 2.17 bits per heavy atom. The maximum absolute atomic E-state index is 12.3. The van der Waals surface area contributed by atoms with Gasteiger partial charge in [0.15, 0.2) is 0 Å². The van der Waals surface area contributed by atoms with Gasteiger partial charge in [0.1, 0.15) is 4.88 Å². The summed E-state index contributed by atoms with van der Waals surface area (Å²) in [6.07, 6.45) is 1.77. The highest BCUT2D eigenvalue weighted by molar-refractivity contribution is 7.98. The number of carbonyl (C=O) groups excluding carboxylic acids is 1. The molecule has 0 fully saturated rings. The monoisotopic (exact) mass is 364 g/mol. The third-order valence-corrected chi connectivity index (χ3v) is 5.48. The van der Waals surface area contributed by atoms with Gasteiger partial charge in [0.2, 0.25) is 0 Å². The van der Waals surface area contributed by atoms with Gasteiger partial charge in [-0.1, -0.05) is 26.0 Å². The highest BCUT2D eigenvalue weighted by Gasteiger charge is 2.12. The lowest BCUT2D eigenvalue weighted by Crippen LogP contribution is -2.10. The lowest BCUT2D eigenvalue weighted by atomic mass is 10.2. The first-order chi connectivity index (χ1) is 11.5. The molecular weight excluding hydrogens is 344 g/mol. The number of aliphatic carboxylic acids is 1. The molecule has 5 nitrogen and oxygen atoms in total. The van der Waals surface area contributed by atoms with Crippen LogP contribution in [0.4, 0.5) is 5.69 Å². The lowest BCUT2D eigenvalue weighted by Gasteiger charge is -2.06. The predicted molar refractivity (Wildman–Crippen MR) is 99.0 cm³/mol. The van der Waals surface area contributed by atoms with Crippen LogP contribution >= 0.6 is 23.1 Å². The predicted octanol–water partition coefficient (Wildman–Crippen LogP) is 4.23. The van der Waals surface area contributed by atoms with E-state index < -0.39 is 5.97 Å². The molecule has 2 N–H and O–H groups in total. The zero-order chi connectivity index (χ0) is 17.5. The van der Waals surface area contributed by atoms with E-state index in [4.69, 9.17) is 5.11 Å². The molecule has 0 unspecified atom stereocenters. The van der Waals surface area contributed by atoms with Crippen molar-refractivity contribution in [2.24, 2.45) is 0 Å². The first-order valence-electron chi connectivity index (χ1n) is 7.61. The second kappa shape index (κ2) is 8.84. The Balaban J connectivity index is 1.93. The van der Waals surface area contributed by atoms with Gasteiger partial charge < -0.3 is 10.4 Å². The minimum atomic E-state index is -0.783. The highest BCUT2D eigenvalue weighted by Crippen LogP contribution is 2.23. The zero-order valence-corrected chi connectivity index (χ0v) is 15.2. The number of thiazole rings is 1. The van der Waals surface area contributed by atoms with Crippen molar-refractivity contribution in [3.8, 4) is 0 Å². The van der Waals surface area contributed by atoms with Crippen molar-refractivity contribution in [3.63, 3.8) is 0 Å². The molecule has 0 aliphatic rings. The van der Waals surface area contributed by atoms with Gasteiger partial charge in [0.25, 0.3) is 5.91 Å². The van der Waals surface area contributed by atoms with Crippen molar-refractivity contribution in [2.75, 3.05) is 11.1 Å². The third-order valence-electron chi connectivity index (χ3n) is 3.16. The van der Waals surface area contributed by atoms with Gasteiger partial charge in [-0.05, 0) is 17.7 Å². The van der Waals surface area contributed by atoms with E-state index in [9.17, 15) is 9.59 Å². The molecule has 2 rings (SSSR count). The van der Waals surface area contributed by atoms with Crippen molar-refractivity contribution in [3.05, 3.63) is 45.9 Å². The average Bonchev–Trinajstić information content (AvgIpc) is 3.02. The van der Waals surface area contributed by atoms with E-state index in [1.165, 1.54) is 11.3 Å². The number of carbonyl (C=O) groups is 2. The SMILES string of the molecule is CC(C)c1ncc(C(=O)Nc2cccc(CSCCC(=O)O)c2)s1. The lowest BCUT2D eigenvalue weighted by molar-refractivity contribution is -0.136. The van der Waals surface area contributed by atoms with Crippen LogP contribution in [0, 0.1) is 0 Å². The normalized spacial score (nSPS) is 10.8. The summed E-state index contributed by atoms with van der Waals surface area (Å²) in [6.45, 7) is 4.10. The number of nitrogens with zero attached hydrogens (tertiary/aromatic N) is 1. The van der Waals surface area contributed by atoms with E-state index in [1.807, 2.05) is 38.1 Å². The van der Waals surface area contributed by atoms with Crippen LogP contribution in [0.1, 0.15) is 46.4 Å². The number of thioether (sulfide) groups is 1. The van der Waals surface area contributed by atoms with Crippen LogP contribution < -0.4 is 5.32 Å². The van der Waals surface area contributed by atoms with Crippen molar-refractivity contribution in [2.45, 2.75) is 31.9 Å². The minimum Gasteiger partial charge on any atom is -0.481 e. The van der Waals surface area contributed by atoms with Crippen molar-refractivity contribution >= 4 is 40.7 Å². The smallest absolute Gasteiger partial charge is 0.304 e. The second-order valence-electron chi connectivity index (χ2n) is 5.57. The maximum Gasteiger partial charge on any atom is 0.304 e. The third kappa shape index (κ3) is 5.65. The Kier molecular flexibility index (Phi) is 6.81. The summed E-state index contributed by atoms with van der Waals surface area (Å²) >= 11 is 2.97. The first-order valence-corrected chi connectivity index (χ1v) is 9.58. The van der Waals surface area contributed by atoms with Gasteiger partial charge in [0.05, 0.1) is 17.6 Å². The van der Waals surface area contributed by atoms with Crippen LogP contribution in [-0.4, -0.2) is 27.7 Å². The van der Waals surface area contributed by atoms with E-state index in [0.29, 0.717) is 16.5 Å². The fourth-order valence-electron chi connectivity index (χ4n) is 1.94. The molecule has 0 saturated heterocycles.